The van der Waals surface area contributed by atoms with E-state index in [4.69, 9.17) is 12.2 Å². The van der Waals surface area contributed by atoms with Gasteiger partial charge in [-0.2, -0.15) is 0 Å². The van der Waals surface area contributed by atoms with E-state index in [1.807, 2.05) is 61.5 Å². The first kappa shape index (κ1) is 12.5. The first-order valence-corrected chi connectivity index (χ1v) is 6.30. The standard InChI is InChI=1S/C16H15NS/c1-2-8-13-9-6-7-12-15(13)17-16(18)14-10-4-3-5-11-14/h2-12H,1H3,(H,17,18)/b8-2+. The van der Waals surface area contributed by atoms with Crippen molar-refractivity contribution in [2.24, 2.45) is 0 Å². The maximum atomic E-state index is 5.41. The van der Waals surface area contributed by atoms with E-state index in [1.54, 1.807) is 0 Å². The maximum absolute atomic E-state index is 5.41. The Morgan fingerprint density at radius 1 is 1.00 bits per heavy atom. The molecule has 2 rings (SSSR count). The highest BCUT2D eigenvalue weighted by Crippen LogP contribution is 2.18. The summed E-state index contributed by atoms with van der Waals surface area (Å²) in [5.41, 5.74) is 3.20. The summed E-state index contributed by atoms with van der Waals surface area (Å²) in [4.78, 5) is 0.743. The van der Waals surface area contributed by atoms with Crippen molar-refractivity contribution in [2.45, 2.75) is 6.92 Å². The van der Waals surface area contributed by atoms with Crippen LogP contribution in [0.3, 0.4) is 0 Å². The summed E-state index contributed by atoms with van der Waals surface area (Å²) in [5, 5.41) is 3.29. The number of rotatable bonds is 3. The van der Waals surface area contributed by atoms with E-state index in [1.165, 1.54) is 0 Å². The van der Waals surface area contributed by atoms with E-state index in [2.05, 4.69) is 17.5 Å². The van der Waals surface area contributed by atoms with Gasteiger partial charge < -0.3 is 5.32 Å². The van der Waals surface area contributed by atoms with Crippen LogP contribution in [0.25, 0.3) is 6.08 Å². The molecule has 2 aromatic rings. The van der Waals surface area contributed by atoms with Gasteiger partial charge in [0.05, 0.1) is 0 Å². The summed E-state index contributed by atoms with van der Waals surface area (Å²) in [5.74, 6) is 0. The Hall–Kier alpha value is -1.93. The molecule has 0 bridgehead atoms. The second-order valence-electron chi connectivity index (χ2n) is 3.91. The number of hydrogen-bond donors (Lipinski definition) is 1. The van der Waals surface area contributed by atoms with Gasteiger partial charge in [-0.15, -0.1) is 0 Å². The van der Waals surface area contributed by atoms with Crippen LogP contribution >= 0.6 is 12.2 Å². The Bertz CT molecular complexity index is 558. The average Bonchev–Trinajstić information content (AvgIpc) is 2.42. The molecular weight excluding hydrogens is 238 g/mol. The fraction of sp³-hybridized carbons (Fsp3) is 0.0625. The highest BCUT2D eigenvalue weighted by molar-refractivity contribution is 7.81. The van der Waals surface area contributed by atoms with Gasteiger partial charge in [-0.3, -0.25) is 0 Å². The van der Waals surface area contributed by atoms with Crippen LogP contribution in [0.1, 0.15) is 18.1 Å². The number of benzene rings is 2. The molecule has 0 saturated carbocycles. The zero-order chi connectivity index (χ0) is 12.8. The van der Waals surface area contributed by atoms with Gasteiger partial charge in [0, 0.05) is 11.3 Å². The van der Waals surface area contributed by atoms with Gasteiger partial charge in [0.25, 0.3) is 0 Å². The highest BCUT2D eigenvalue weighted by Gasteiger charge is 2.03. The van der Waals surface area contributed by atoms with Gasteiger partial charge in [0.2, 0.25) is 0 Å². The molecule has 0 aliphatic carbocycles. The fourth-order valence-electron chi connectivity index (χ4n) is 1.72. The summed E-state index contributed by atoms with van der Waals surface area (Å²) in [6, 6.07) is 18.1. The molecule has 0 spiro atoms. The molecule has 0 heterocycles. The topological polar surface area (TPSA) is 12.0 Å². The van der Waals surface area contributed by atoms with Crippen LogP contribution in [-0.4, -0.2) is 4.99 Å². The fourth-order valence-corrected chi connectivity index (χ4v) is 1.97. The molecule has 0 amide bonds. The summed E-state index contributed by atoms with van der Waals surface area (Å²) in [6.07, 6.45) is 4.09. The van der Waals surface area contributed by atoms with Crippen LogP contribution in [0, 0.1) is 0 Å². The number of anilines is 1. The van der Waals surface area contributed by atoms with E-state index < -0.39 is 0 Å². The number of para-hydroxylation sites is 1. The van der Waals surface area contributed by atoms with E-state index in [0.29, 0.717) is 0 Å². The zero-order valence-electron chi connectivity index (χ0n) is 10.3. The quantitative estimate of drug-likeness (QED) is 0.808. The van der Waals surface area contributed by atoms with Crippen LogP contribution in [0.15, 0.2) is 60.7 Å². The molecule has 0 saturated heterocycles. The van der Waals surface area contributed by atoms with Crippen LogP contribution in [0.4, 0.5) is 5.69 Å². The molecule has 1 N–H and O–H groups in total. The van der Waals surface area contributed by atoms with Crippen molar-refractivity contribution in [1.82, 2.24) is 0 Å². The molecule has 0 radical (unpaired) electrons. The van der Waals surface area contributed by atoms with E-state index >= 15 is 0 Å². The van der Waals surface area contributed by atoms with Crippen molar-refractivity contribution in [3.8, 4) is 0 Å². The molecule has 0 atom stereocenters. The predicted molar refractivity (Wildman–Crippen MR) is 82.9 cm³/mol. The summed E-state index contributed by atoms with van der Waals surface area (Å²) >= 11 is 5.41. The van der Waals surface area contributed by atoms with Crippen molar-refractivity contribution in [1.29, 1.82) is 0 Å². The van der Waals surface area contributed by atoms with E-state index in [0.717, 1.165) is 21.8 Å². The van der Waals surface area contributed by atoms with E-state index in [-0.39, 0.29) is 0 Å². The third-order valence-corrected chi connectivity index (χ3v) is 2.93. The molecule has 0 fully saturated rings. The molecule has 2 heteroatoms. The largest absolute Gasteiger partial charge is 0.346 e. The first-order valence-electron chi connectivity index (χ1n) is 5.89. The molecule has 2 aromatic carbocycles. The third-order valence-electron chi connectivity index (χ3n) is 2.59. The average molecular weight is 253 g/mol. The lowest BCUT2D eigenvalue weighted by Crippen LogP contribution is -2.11. The Labute approximate surface area is 113 Å². The molecule has 0 unspecified atom stereocenters. The smallest absolute Gasteiger partial charge is 0.111 e. The molecular formula is C16H15NS. The van der Waals surface area contributed by atoms with Gasteiger partial charge in [0.1, 0.15) is 4.99 Å². The normalized spacial score (nSPS) is 10.5. The predicted octanol–water partition coefficient (Wildman–Crippen LogP) is 4.51. The molecule has 0 aliphatic heterocycles. The zero-order valence-corrected chi connectivity index (χ0v) is 11.1. The number of nitrogens with one attached hydrogen (secondary N) is 1. The Morgan fingerprint density at radius 2 is 1.67 bits per heavy atom. The van der Waals surface area contributed by atoms with Crippen LogP contribution in [0.2, 0.25) is 0 Å². The Kier molecular flexibility index (Phi) is 4.26. The molecule has 18 heavy (non-hydrogen) atoms. The van der Waals surface area contributed by atoms with Crippen molar-refractivity contribution >= 4 is 29.0 Å². The summed E-state index contributed by atoms with van der Waals surface area (Å²) in [6.45, 7) is 2.01. The lowest BCUT2D eigenvalue weighted by Gasteiger charge is -2.10. The van der Waals surface area contributed by atoms with Gasteiger partial charge in [-0.1, -0.05) is 72.9 Å². The first-order chi connectivity index (χ1) is 8.81. The van der Waals surface area contributed by atoms with Crippen molar-refractivity contribution in [3.63, 3.8) is 0 Å². The highest BCUT2D eigenvalue weighted by atomic mass is 32.1. The van der Waals surface area contributed by atoms with Crippen molar-refractivity contribution in [2.75, 3.05) is 5.32 Å². The second-order valence-corrected chi connectivity index (χ2v) is 4.32. The molecule has 0 aliphatic rings. The van der Waals surface area contributed by atoms with Crippen molar-refractivity contribution < 1.29 is 0 Å². The van der Waals surface area contributed by atoms with Gasteiger partial charge >= 0.3 is 0 Å². The van der Waals surface area contributed by atoms with Crippen molar-refractivity contribution in [3.05, 3.63) is 71.8 Å². The molecule has 0 aromatic heterocycles. The summed E-state index contributed by atoms with van der Waals surface area (Å²) in [7, 11) is 0. The van der Waals surface area contributed by atoms with Crippen LogP contribution in [-0.2, 0) is 0 Å². The maximum Gasteiger partial charge on any atom is 0.111 e. The lowest BCUT2D eigenvalue weighted by atomic mass is 10.1. The van der Waals surface area contributed by atoms with E-state index in [9.17, 15) is 0 Å². The van der Waals surface area contributed by atoms with Gasteiger partial charge in [-0.25, -0.2) is 0 Å². The third kappa shape index (κ3) is 3.05. The SMILES string of the molecule is C/C=C/c1ccccc1NC(=S)c1ccccc1. The van der Waals surface area contributed by atoms with Gasteiger partial charge in [0.15, 0.2) is 0 Å². The monoisotopic (exact) mass is 253 g/mol. The number of allylic oxidation sites excluding steroid dienone is 1. The molecule has 1 nitrogen and oxygen atoms in total. The second kappa shape index (κ2) is 6.12. The molecule has 90 valence electrons. The Morgan fingerprint density at radius 3 is 2.39 bits per heavy atom. The minimum atomic E-state index is 0.743. The van der Waals surface area contributed by atoms with Crippen LogP contribution in [0.5, 0.6) is 0 Å². The van der Waals surface area contributed by atoms with Gasteiger partial charge in [-0.05, 0) is 18.6 Å². The Balaban J connectivity index is 2.22. The lowest BCUT2D eigenvalue weighted by molar-refractivity contribution is 1.58. The number of thiocarbonyl (C=S) groups is 1. The van der Waals surface area contributed by atoms with Crippen LogP contribution < -0.4 is 5.32 Å². The minimum absolute atomic E-state index is 0.743. The minimum Gasteiger partial charge on any atom is -0.346 e. The number of hydrogen-bond acceptors (Lipinski definition) is 1. The summed E-state index contributed by atoms with van der Waals surface area (Å²) < 4.78 is 0.